The van der Waals surface area contributed by atoms with Crippen molar-refractivity contribution in [2.75, 3.05) is 6.61 Å². The molecular formula is C14H15NO2. The van der Waals surface area contributed by atoms with E-state index in [0.717, 1.165) is 11.3 Å². The van der Waals surface area contributed by atoms with E-state index in [1.165, 1.54) is 5.56 Å². The molecule has 0 amide bonds. The molecule has 3 heteroatoms. The lowest BCUT2D eigenvalue weighted by Gasteiger charge is -2.04. The molecule has 0 N–H and O–H groups in total. The molecule has 0 saturated carbocycles. The van der Waals surface area contributed by atoms with Gasteiger partial charge in [-0.1, -0.05) is 35.0 Å². The number of hydrogen-bond donors (Lipinski definition) is 0. The van der Waals surface area contributed by atoms with Gasteiger partial charge < -0.3 is 9.25 Å². The Morgan fingerprint density at radius 1 is 1.24 bits per heavy atom. The van der Waals surface area contributed by atoms with E-state index in [-0.39, 0.29) is 0 Å². The zero-order valence-corrected chi connectivity index (χ0v) is 10.0. The molecule has 0 spiro atoms. The van der Waals surface area contributed by atoms with Crippen LogP contribution in [0.4, 0.5) is 0 Å². The SMILES string of the molecule is CCON=C(c1ccc(C)cc1)c1ccco1. The molecule has 0 fully saturated rings. The highest BCUT2D eigenvalue weighted by molar-refractivity contribution is 6.10. The summed E-state index contributed by atoms with van der Waals surface area (Å²) in [7, 11) is 0. The minimum atomic E-state index is 0.538. The van der Waals surface area contributed by atoms with E-state index in [1.807, 2.05) is 43.3 Å². The number of hydrogen-bond acceptors (Lipinski definition) is 3. The zero-order chi connectivity index (χ0) is 12.1. The van der Waals surface area contributed by atoms with Crippen molar-refractivity contribution in [3.8, 4) is 0 Å². The Balaban J connectivity index is 2.37. The highest BCUT2D eigenvalue weighted by Gasteiger charge is 2.10. The van der Waals surface area contributed by atoms with Crippen molar-refractivity contribution in [1.82, 2.24) is 0 Å². The highest BCUT2D eigenvalue weighted by Crippen LogP contribution is 2.13. The van der Waals surface area contributed by atoms with E-state index in [4.69, 9.17) is 9.25 Å². The van der Waals surface area contributed by atoms with Crippen LogP contribution in [0, 0.1) is 6.92 Å². The van der Waals surface area contributed by atoms with Gasteiger partial charge in [0.2, 0.25) is 0 Å². The Morgan fingerprint density at radius 3 is 2.59 bits per heavy atom. The van der Waals surface area contributed by atoms with Gasteiger partial charge in [0.15, 0.2) is 11.5 Å². The lowest BCUT2D eigenvalue weighted by atomic mass is 10.1. The van der Waals surface area contributed by atoms with Crippen LogP contribution in [0.1, 0.15) is 23.8 Å². The number of aryl methyl sites for hydroxylation is 1. The molecule has 1 aromatic carbocycles. The normalized spacial score (nSPS) is 11.5. The molecule has 1 heterocycles. The van der Waals surface area contributed by atoms with E-state index in [1.54, 1.807) is 6.26 Å². The fourth-order valence-corrected chi connectivity index (χ4v) is 1.49. The lowest BCUT2D eigenvalue weighted by Crippen LogP contribution is -2.03. The summed E-state index contributed by atoms with van der Waals surface area (Å²) in [4.78, 5) is 5.13. The van der Waals surface area contributed by atoms with E-state index in [2.05, 4.69) is 12.1 Å². The van der Waals surface area contributed by atoms with Gasteiger partial charge in [0.05, 0.1) is 6.26 Å². The Bertz CT molecular complexity index is 483. The second kappa shape index (κ2) is 5.34. The third-order valence-electron chi connectivity index (χ3n) is 2.36. The predicted molar refractivity (Wildman–Crippen MR) is 67.2 cm³/mol. The van der Waals surface area contributed by atoms with E-state index < -0.39 is 0 Å². The maximum atomic E-state index is 5.37. The Morgan fingerprint density at radius 2 is 2.00 bits per heavy atom. The Labute approximate surface area is 101 Å². The summed E-state index contributed by atoms with van der Waals surface area (Å²) in [5.41, 5.74) is 2.92. The van der Waals surface area contributed by atoms with Gasteiger partial charge >= 0.3 is 0 Å². The third-order valence-corrected chi connectivity index (χ3v) is 2.36. The second-order valence-electron chi connectivity index (χ2n) is 3.70. The first kappa shape index (κ1) is 11.5. The molecular weight excluding hydrogens is 214 g/mol. The van der Waals surface area contributed by atoms with Gasteiger partial charge in [-0.15, -0.1) is 0 Å². The van der Waals surface area contributed by atoms with Crippen LogP contribution in [0.25, 0.3) is 0 Å². The molecule has 0 saturated heterocycles. The van der Waals surface area contributed by atoms with Crippen LogP contribution in [0.15, 0.2) is 52.2 Å². The topological polar surface area (TPSA) is 34.7 Å². The molecule has 2 rings (SSSR count). The van der Waals surface area contributed by atoms with Crippen LogP contribution in [-0.4, -0.2) is 12.3 Å². The summed E-state index contributed by atoms with van der Waals surface area (Å²) < 4.78 is 5.37. The van der Waals surface area contributed by atoms with Crippen LogP contribution in [0.2, 0.25) is 0 Å². The van der Waals surface area contributed by atoms with Crippen molar-refractivity contribution < 1.29 is 9.25 Å². The first-order valence-electron chi connectivity index (χ1n) is 5.62. The molecule has 1 aromatic heterocycles. The molecule has 0 aliphatic carbocycles. The van der Waals surface area contributed by atoms with Crippen LogP contribution in [0.3, 0.4) is 0 Å². The van der Waals surface area contributed by atoms with Crippen molar-refractivity contribution in [3.05, 3.63) is 59.5 Å². The Hall–Kier alpha value is -2.03. The zero-order valence-electron chi connectivity index (χ0n) is 10.0. The van der Waals surface area contributed by atoms with Gasteiger partial charge in [-0.05, 0) is 26.0 Å². The molecule has 0 bridgehead atoms. The average Bonchev–Trinajstić information content (AvgIpc) is 2.85. The van der Waals surface area contributed by atoms with Crippen molar-refractivity contribution in [1.29, 1.82) is 0 Å². The maximum Gasteiger partial charge on any atom is 0.156 e. The molecule has 0 unspecified atom stereocenters. The van der Waals surface area contributed by atoms with Crippen LogP contribution >= 0.6 is 0 Å². The first-order valence-corrected chi connectivity index (χ1v) is 5.62. The largest absolute Gasteiger partial charge is 0.463 e. The van der Waals surface area contributed by atoms with Crippen molar-refractivity contribution in [2.24, 2.45) is 5.16 Å². The number of nitrogens with zero attached hydrogens (tertiary/aromatic N) is 1. The minimum absolute atomic E-state index is 0.538. The third kappa shape index (κ3) is 2.75. The van der Waals surface area contributed by atoms with Crippen LogP contribution in [0.5, 0.6) is 0 Å². The van der Waals surface area contributed by atoms with Gasteiger partial charge in [0.1, 0.15) is 6.61 Å². The molecule has 2 aromatic rings. The average molecular weight is 229 g/mol. The summed E-state index contributed by atoms with van der Waals surface area (Å²) in [5.74, 6) is 0.710. The van der Waals surface area contributed by atoms with Crippen molar-refractivity contribution in [2.45, 2.75) is 13.8 Å². The number of oxime groups is 1. The molecule has 0 aliphatic rings. The predicted octanol–water partition coefficient (Wildman–Crippen LogP) is 3.38. The number of rotatable bonds is 4. The summed E-state index contributed by atoms with van der Waals surface area (Å²) >= 11 is 0. The molecule has 88 valence electrons. The summed E-state index contributed by atoms with van der Waals surface area (Å²) in [6.07, 6.45) is 1.63. The fraction of sp³-hybridized carbons (Fsp3) is 0.214. The minimum Gasteiger partial charge on any atom is -0.463 e. The van der Waals surface area contributed by atoms with Gasteiger partial charge in [-0.25, -0.2) is 0 Å². The van der Waals surface area contributed by atoms with Gasteiger partial charge in [0.25, 0.3) is 0 Å². The molecule has 3 nitrogen and oxygen atoms in total. The summed E-state index contributed by atoms with van der Waals surface area (Å²) in [5, 5.41) is 4.11. The van der Waals surface area contributed by atoms with Crippen molar-refractivity contribution >= 4 is 5.71 Å². The fourth-order valence-electron chi connectivity index (χ4n) is 1.49. The summed E-state index contributed by atoms with van der Waals surface area (Å²) in [6, 6.07) is 11.8. The highest BCUT2D eigenvalue weighted by atomic mass is 16.6. The smallest absolute Gasteiger partial charge is 0.156 e. The second-order valence-corrected chi connectivity index (χ2v) is 3.70. The van der Waals surface area contributed by atoms with Gasteiger partial charge in [-0.3, -0.25) is 0 Å². The quantitative estimate of drug-likeness (QED) is 0.595. The van der Waals surface area contributed by atoms with E-state index >= 15 is 0 Å². The molecule has 0 aliphatic heterocycles. The number of benzene rings is 1. The Kier molecular flexibility index (Phi) is 3.60. The molecule has 17 heavy (non-hydrogen) atoms. The van der Waals surface area contributed by atoms with E-state index in [9.17, 15) is 0 Å². The van der Waals surface area contributed by atoms with Gasteiger partial charge in [-0.2, -0.15) is 0 Å². The lowest BCUT2D eigenvalue weighted by molar-refractivity contribution is 0.159. The van der Waals surface area contributed by atoms with E-state index in [0.29, 0.717) is 12.4 Å². The molecule has 0 atom stereocenters. The maximum absolute atomic E-state index is 5.37. The van der Waals surface area contributed by atoms with Gasteiger partial charge in [0, 0.05) is 5.56 Å². The standard InChI is InChI=1S/C14H15NO2/c1-3-17-15-14(13-5-4-10-16-13)12-8-6-11(2)7-9-12/h4-10H,3H2,1-2H3. The van der Waals surface area contributed by atoms with Crippen LogP contribution in [-0.2, 0) is 4.84 Å². The monoisotopic (exact) mass is 229 g/mol. The summed E-state index contributed by atoms with van der Waals surface area (Å²) in [6.45, 7) is 4.49. The number of furan rings is 1. The van der Waals surface area contributed by atoms with Crippen LogP contribution < -0.4 is 0 Å². The molecule has 0 radical (unpaired) electrons. The first-order chi connectivity index (χ1) is 8.31. The van der Waals surface area contributed by atoms with Crippen molar-refractivity contribution in [3.63, 3.8) is 0 Å².